The van der Waals surface area contributed by atoms with Crippen LogP contribution < -0.4 is 4.90 Å². The number of nitro benzene ring substituents is 2. The highest BCUT2D eigenvalue weighted by molar-refractivity contribution is 7.22. The van der Waals surface area contributed by atoms with Gasteiger partial charge in [-0.05, 0) is 25.0 Å². The average molecular weight is 441 g/mol. The maximum absolute atomic E-state index is 12.9. The van der Waals surface area contributed by atoms with E-state index in [-0.39, 0.29) is 5.56 Å². The quantitative estimate of drug-likeness (QED) is 0.447. The van der Waals surface area contributed by atoms with Crippen molar-refractivity contribution in [3.63, 3.8) is 0 Å². The van der Waals surface area contributed by atoms with Gasteiger partial charge in [-0.25, -0.2) is 4.98 Å². The number of rotatable bonds is 4. The number of carbonyl (C=O) groups excluding carboxylic acids is 1. The van der Waals surface area contributed by atoms with Gasteiger partial charge in [-0.15, -0.1) is 0 Å². The zero-order valence-electron chi connectivity index (χ0n) is 16.9. The van der Waals surface area contributed by atoms with Crippen molar-refractivity contribution in [1.82, 2.24) is 9.88 Å². The molecule has 160 valence electrons. The Morgan fingerprint density at radius 1 is 0.968 bits per heavy atom. The molecule has 2 heterocycles. The smallest absolute Gasteiger partial charge is 0.277 e. The van der Waals surface area contributed by atoms with Gasteiger partial charge in [0.05, 0.1) is 31.7 Å². The van der Waals surface area contributed by atoms with Crippen LogP contribution in [0.3, 0.4) is 0 Å². The van der Waals surface area contributed by atoms with E-state index in [2.05, 4.69) is 24.0 Å². The first-order valence-corrected chi connectivity index (χ1v) is 10.4. The number of aryl methyl sites for hydroxylation is 2. The molecule has 31 heavy (non-hydrogen) atoms. The normalized spacial score (nSPS) is 14.1. The lowest BCUT2D eigenvalue weighted by Crippen LogP contribution is -2.48. The topological polar surface area (TPSA) is 123 Å². The lowest BCUT2D eigenvalue weighted by molar-refractivity contribution is -0.394. The number of nitrogens with zero attached hydrogens (tertiary/aromatic N) is 5. The average Bonchev–Trinajstić information content (AvgIpc) is 3.22. The van der Waals surface area contributed by atoms with Crippen LogP contribution in [0, 0.1) is 34.1 Å². The summed E-state index contributed by atoms with van der Waals surface area (Å²) in [5, 5.41) is 23.1. The predicted octanol–water partition coefficient (Wildman–Crippen LogP) is 3.69. The molecule has 1 fully saturated rings. The Kier molecular flexibility index (Phi) is 5.27. The van der Waals surface area contributed by atoms with Gasteiger partial charge in [-0.2, -0.15) is 0 Å². The first-order chi connectivity index (χ1) is 14.7. The number of anilines is 1. The van der Waals surface area contributed by atoms with Crippen LogP contribution in [-0.2, 0) is 0 Å². The molecule has 1 aromatic heterocycles. The van der Waals surface area contributed by atoms with E-state index in [9.17, 15) is 25.0 Å². The summed E-state index contributed by atoms with van der Waals surface area (Å²) in [6.07, 6.45) is 0. The number of fused-ring (bicyclic) bond motifs is 1. The fourth-order valence-electron chi connectivity index (χ4n) is 3.60. The summed E-state index contributed by atoms with van der Waals surface area (Å²) < 4.78 is 1.15. The zero-order chi connectivity index (χ0) is 22.3. The molecule has 0 aliphatic carbocycles. The zero-order valence-corrected chi connectivity index (χ0v) is 17.7. The Bertz CT molecular complexity index is 1140. The molecule has 0 saturated carbocycles. The molecule has 0 N–H and O–H groups in total. The van der Waals surface area contributed by atoms with Crippen molar-refractivity contribution >= 4 is 44.0 Å². The van der Waals surface area contributed by atoms with Crippen LogP contribution in [0.25, 0.3) is 10.2 Å². The summed E-state index contributed by atoms with van der Waals surface area (Å²) in [5.74, 6) is -0.456. The molecule has 4 rings (SSSR count). The molecule has 0 unspecified atom stereocenters. The van der Waals surface area contributed by atoms with E-state index in [1.54, 1.807) is 16.2 Å². The van der Waals surface area contributed by atoms with E-state index < -0.39 is 27.1 Å². The van der Waals surface area contributed by atoms with Gasteiger partial charge in [-0.3, -0.25) is 25.0 Å². The summed E-state index contributed by atoms with van der Waals surface area (Å²) in [4.78, 5) is 42.0. The molecule has 3 aromatic rings. The van der Waals surface area contributed by atoms with Crippen molar-refractivity contribution in [3.8, 4) is 0 Å². The van der Waals surface area contributed by atoms with Crippen molar-refractivity contribution in [3.05, 3.63) is 67.3 Å². The van der Waals surface area contributed by atoms with E-state index in [1.165, 1.54) is 5.56 Å². The maximum Gasteiger partial charge on any atom is 0.277 e. The standard InChI is InChI=1S/C20H19N5O5S/c1-12-3-4-13(2)18-17(12)21-20(31-18)23-7-5-22(6-8-23)19(26)14-9-15(24(27)28)11-16(10-14)25(29)30/h3-4,9-11H,5-8H2,1-2H3. The van der Waals surface area contributed by atoms with Crippen LogP contribution in [-0.4, -0.2) is 51.8 Å². The van der Waals surface area contributed by atoms with Gasteiger partial charge in [0.1, 0.15) is 0 Å². The van der Waals surface area contributed by atoms with Crippen LogP contribution in [0.5, 0.6) is 0 Å². The van der Waals surface area contributed by atoms with Crippen LogP contribution in [0.4, 0.5) is 16.5 Å². The van der Waals surface area contributed by atoms with Gasteiger partial charge in [0.25, 0.3) is 17.3 Å². The van der Waals surface area contributed by atoms with Crippen molar-refractivity contribution in [2.24, 2.45) is 0 Å². The Labute approximate surface area is 181 Å². The summed E-state index contributed by atoms with van der Waals surface area (Å²) >= 11 is 1.62. The maximum atomic E-state index is 12.9. The molecule has 0 atom stereocenters. The second-order valence-electron chi connectivity index (χ2n) is 7.41. The highest BCUT2D eigenvalue weighted by Crippen LogP contribution is 2.33. The second kappa shape index (κ2) is 7.91. The molecule has 1 amide bonds. The van der Waals surface area contributed by atoms with Crippen LogP contribution in [0.1, 0.15) is 21.5 Å². The van der Waals surface area contributed by atoms with Gasteiger partial charge in [0.15, 0.2) is 5.13 Å². The molecule has 1 aliphatic heterocycles. The Balaban J connectivity index is 1.52. The summed E-state index contributed by atoms with van der Waals surface area (Å²) in [5.41, 5.74) is 2.27. The molecule has 1 saturated heterocycles. The number of benzene rings is 2. The number of piperazine rings is 1. The third kappa shape index (κ3) is 3.91. The van der Waals surface area contributed by atoms with Gasteiger partial charge >= 0.3 is 0 Å². The molecule has 0 radical (unpaired) electrons. The summed E-state index contributed by atoms with van der Waals surface area (Å²) in [7, 11) is 0. The van der Waals surface area contributed by atoms with E-state index in [0.717, 1.165) is 39.1 Å². The number of thiazole rings is 1. The SMILES string of the molecule is Cc1ccc(C)c2sc(N3CCN(C(=O)c4cc([N+](=O)[O-])cc([N+](=O)[O-])c4)CC3)nc12. The Morgan fingerprint density at radius 2 is 1.55 bits per heavy atom. The predicted molar refractivity (Wildman–Crippen MR) is 117 cm³/mol. The van der Waals surface area contributed by atoms with Gasteiger partial charge in [0, 0.05) is 38.3 Å². The summed E-state index contributed by atoms with van der Waals surface area (Å²) in [6.45, 7) is 5.98. The highest BCUT2D eigenvalue weighted by atomic mass is 32.1. The number of carbonyl (C=O) groups is 1. The van der Waals surface area contributed by atoms with Gasteiger partial charge in [0.2, 0.25) is 0 Å². The molecular formula is C20H19N5O5S. The third-order valence-corrected chi connectivity index (χ3v) is 6.59. The monoisotopic (exact) mass is 441 g/mol. The molecule has 0 bridgehead atoms. The molecular weight excluding hydrogens is 422 g/mol. The van der Waals surface area contributed by atoms with Crippen molar-refractivity contribution < 1.29 is 14.6 Å². The number of amides is 1. The van der Waals surface area contributed by atoms with Crippen molar-refractivity contribution in [1.29, 1.82) is 0 Å². The minimum Gasteiger partial charge on any atom is -0.345 e. The molecule has 0 spiro atoms. The van der Waals surface area contributed by atoms with Crippen molar-refractivity contribution in [2.45, 2.75) is 13.8 Å². The van der Waals surface area contributed by atoms with Crippen molar-refractivity contribution in [2.75, 3.05) is 31.1 Å². The number of aromatic nitrogens is 1. The lowest BCUT2D eigenvalue weighted by Gasteiger charge is -2.34. The molecule has 10 nitrogen and oxygen atoms in total. The molecule has 2 aromatic carbocycles. The highest BCUT2D eigenvalue weighted by Gasteiger charge is 2.27. The Hall–Kier alpha value is -3.60. The number of nitro groups is 2. The largest absolute Gasteiger partial charge is 0.345 e. The van der Waals surface area contributed by atoms with Gasteiger partial charge in [-0.1, -0.05) is 23.5 Å². The number of hydrogen-bond donors (Lipinski definition) is 0. The minimum absolute atomic E-state index is 0.0550. The fourth-order valence-corrected chi connectivity index (χ4v) is 4.76. The van der Waals surface area contributed by atoms with E-state index in [0.29, 0.717) is 26.2 Å². The Morgan fingerprint density at radius 3 is 2.10 bits per heavy atom. The first-order valence-electron chi connectivity index (χ1n) is 9.59. The molecule has 1 aliphatic rings. The summed E-state index contributed by atoms with van der Waals surface area (Å²) in [6, 6.07) is 7.15. The fraction of sp³-hybridized carbons (Fsp3) is 0.300. The first kappa shape index (κ1) is 20.7. The number of hydrogen-bond acceptors (Lipinski definition) is 8. The van der Waals surface area contributed by atoms with E-state index in [1.807, 2.05) is 6.92 Å². The second-order valence-corrected chi connectivity index (χ2v) is 8.38. The van der Waals surface area contributed by atoms with E-state index >= 15 is 0 Å². The van der Waals surface area contributed by atoms with Gasteiger partial charge < -0.3 is 9.80 Å². The van der Waals surface area contributed by atoms with Crippen LogP contribution in [0.15, 0.2) is 30.3 Å². The van der Waals surface area contributed by atoms with E-state index in [4.69, 9.17) is 4.98 Å². The molecule has 11 heteroatoms. The lowest BCUT2D eigenvalue weighted by atomic mass is 10.1. The third-order valence-electron chi connectivity index (χ3n) is 5.34. The van der Waals surface area contributed by atoms with Crippen LogP contribution >= 0.6 is 11.3 Å². The van der Waals surface area contributed by atoms with Crippen LogP contribution in [0.2, 0.25) is 0 Å². The minimum atomic E-state index is -0.737. The number of non-ortho nitro benzene ring substituents is 2.